The number of unbranched alkanes of at least 4 members (excludes halogenated alkanes) is 2. The van der Waals surface area contributed by atoms with E-state index >= 15 is 0 Å². The van der Waals surface area contributed by atoms with E-state index in [0.717, 1.165) is 12.8 Å². The summed E-state index contributed by atoms with van der Waals surface area (Å²) in [6.45, 7) is 2.90. The lowest BCUT2D eigenvalue weighted by Gasteiger charge is -2.39. The molecule has 8 heteroatoms. The summed E-state index contributed by atoms with van der Waals surface area (Å²) in [4.78, 5) is 21.4. The summed E-state index contributed by atoms with van der Waals surface area (Å²) in [7, 11) is -3.34. The van der Waals surface area contributed by atoms with Crippen LogP contribution in [0.3, 0.4) is 0 Å². The van der Waals surface area contributed by atoms with Gasteiger partial charge in [-0.15, -0.1) is 0 Å². The van der Waals surface area contributed by atoms with E-state index in [1.165, 1.54) is 6.66 Å². The number of hydrogen-bond donors (Lipinski definition) is 3. The van der Waals surface area contributed by atoms with Crippen LogP contribution in [-0.4, -0.2) is 65.4 Å². The zero-order valence-corrected chi connectivity index (χ0v) is 14.1. The lowest BCUT2D eigenvalue weighted by molar-refractivity contribution is -0.196. The largest absolute Gasteiger partial charge is 0.459 e. The van der Waals surface area contributed by atoms with Gasteiger partial charge in [-0.25, -0.2) is 0 Å². The van der Waals surface area contributed by atoms with Gasteiger partial charge in [-0.2, -0.15) is 0 Å². The summed E-state index contributed by atoms with van der Waals surface area (Å²) in [6.07, 6.45) is -0.243. The Morgan fingerprint density at radius 3 is 2.64 bits per heavy atom. The van der Waals surface area contributed by atoms with Crippen molar-refractivity contribution in [1.82, 2.24) is 0 Å². The highest BCUT2D eigenvalue weighted by Gasteiger charge is 2.43. The number of hydrogen-bond acceptors (Lipinski definition) is 6. The second-order valence-corrected chi connectivity index (χ2v) is 8.42. The molecule has 0 bridgehead atoms. The smallest absolute Gasteiger partial charge is 0.306 e. The average molecular weight is 338 g/mol. The lowest BCUT2D eigenvalue weighted by Crippen LogP contribution is -2.54. The molecule has 5 atom stereocenters. The van der Waals surface area contributed by atoms with E-state index in [0.29, 0.717) is 6.42 Å². The van der Waals surface area contributed by atoms with E-state index < -0.39 is 44.2 Å². The Kier molecular flexibility index (Phi) is 8.00. The molecule has 0 aliphatic carbocycles. The molecule has 22 heavy (non-hydrogen) atoms. The Morgan fingerprint density at radius 2 is 2.09 bits per heavy atom. The number of esters is 1. The van der Waals surface area contributed by atoms with Gasteiger partial charge in [0.2, 0.25) is 0 Å². The van der Waals surface area contributed by atoms with Crippen LogP contribution in [0.4, 0.5) is 0 Å². The molecule has 0 saturated carbocycles. The zero-order chi connectivity index (χ0) is 16.8. The normalized spacial score (nSPS) is 31.5. The number of carbonyl (C=O) groups is 1. The third-order valence-corrected chi connectivity index (χ3v) is 4.86. The van der Waals surface area contributed by atoms with Crippen molar-refractivity contribution in [3.8, 4) is 0 Å². The van der Waals surface area contributed by atoms with Crippen molar-refractivity contribution in [2.24, 2.45) is 5.92 Å². The molecule has 0 aromatic carbocycles. The minimum atomic E-state index is -3.34. The van der Waals surface area contributed by atoms with Crippen molar-refractivity contribution >= 4 is 13.3 Å². The molecule has 7 nitrogen and oxygen atoms in total. The number of ether oxygens (including phenoxy) is 2. The summed E-state index contributed by atoms with van der Waals surface area (Å²) in [5.41, 5.74) is 0. The molecule has 0 radical (unpaired) electrons. The molecule has 1 unspecified atom stereocenters. The van der Waals surface area contributed by atoms with E-state index in [-0.39, 0.29) is 19.2 Å². The first-order valence-corrected chi connectivity index (χ1v) is 9.97. The quantitative estimate of drug-likeness (QED) is 0.340. The predicted octanol–water partition coefficient (Wildman–Crippen LogP) is 0.747. The lowest BCUT2D eigenvalue weighted by atomic mass is 9.93. The van der Waals surface area contributed by atoms with Crippen LogP contribution < -0.4 is 0 Å². The van der Waals surface area contributed by atoms with Crippen molar-refractivity contribution < 1.29 is 33.9 Å². The standard InChI is InChI=1S/C14H27O7P/c1-3-4-5-6-12(16)21-14-10(9-22(2,18)19)8-20-11(7-15)13(14)17/h10-11,13-15,17H,3-9H2,1-2H3,(H,18,19)/t10-,11-,13-,14-/m1/s1. The predicted molar refractivity (Wildman–Crippen MR) is 81.0 cm³/mol. The topological polar surface area (TPSA) is 113 Å². The van der Waals surface area contributed by atoms with E-state index in [4.69, 9.17) is 9.47 Å². The van der Waals surface area contributed by atoms with Gasteiger partial charge >= 0.3 is 5.97 Å². The van der Waals surface area contributed by atoms with E-state index in [1.807, 2.05) is 6.92 Å². The third kappa shape index (κ3) is 6.34. The SMILES string of the molecule is CCCCCC(=O)O[C@@H]1[C@@H](CP(C)(=O)O)CO[C@H](CO)[C@H]1O. The van der Waals surface area contributed by atoms with Gasteiger partial charge in [0, 0.05) is 25.2 Å². The Labute approximate surface area is 131 Å². The van der Waals surface area contributed by atoms with E-state index in [9.17, 15) is 24.5 Å². The van der Waals surface area contributed by atoms with Gasteiger partial charge in [-0.1, -0.05) is 19.8 Å². The van der Waals surface area contributed by atoms with Crippen molar-refractivity contribution in [3.05, 3.63) is 0 Å². The number of rotatable bonds is 8. The molecule has 1 rings (SSSR count). The van der Waals surface area contributed by atoms with E-state index in [1.54, 1.807) is 0 Å². The molecule has 0 aromatic heterocycles. The minimum Gasteiger partial charge on any atom is -0.459 e. The molecule has 0 amide bonds. The van der Waals surface area contributed by atoms with Gasteiger partial charge < -0.3 is 24.6 Å². The fourth-order valence-electron chi connectivity index (χ4n) is 2.58. The first kappa shape index (κ1) is 19.6. The van der Waals surface area contributed by atoms with Crippen LogP contribution in [0, 0.1) is 5.92 Å². The number of aliphatic hydroxyl groups excluding tert-OH is 2. The molecular formula is C14H27O7P. The monoisotopic (exact) mass is 338 g/mol. The number of aliphatic hydroxyl groups is 2. The second-order valence-electron chi connectivity index (χ2n) is 5.95. The summed E-state index contributed by atoms with van der Waals surface area (Å²) in [5, 5.41) is 19.4. The highest BCUT2D eigenvalue weighted by atomic mass is 31.2. The van der Waals surface area contributed by atoms with Crippen LogP contribution in [0.25, 0.3) is 0 Å². The minimum absolute atomic E-state index is 0.0631. The van der Waals surface area contributed by atoms with Crippen LogP contribution in [0.1, 0.15) is 32.6 Å². The van der Waals surface area contributed by atoms with Crippen LogP contribution in [-0.2, 0) is 18.8 Å². The summed E-state index contributed by atoms with van der Waals surface area (Å²) >= 11 is 0. The van der Waals surface area contributed by atoms with Crippen LogP contribution in [0.15, 0.2) is 0 Å². The van der Waals surface area contributed by atoms with Crippen molar-refractivity contribution in [3.63, 3.8) is 0 Å². The Bertz CT molecular complexity index is 395. The maximum atomic E-state index is 11.9. The van der Waals surface area contributed by atoms with Gasteiger partial charge in [0.15, 0.2) is 7.37 Å². The Hall–Kier alpha value is -0.460. The summed E-state index contributed by atoms with van der Waals surface area (Å²) in [6, 6.07) is 0. The second kappa shape index (κ2) is 8.99. The fraction of sp³-hybridized carbons (Fsp3) is 0.929. The first-order valence-electron chi connectivity index (χ1n) is 7.67. The molecule has 130 valence electrons. The zero-order valence-electron chi connectivity index (χ0n) is 13.2. The number of carbonyl (C=O) groups excluding carboxylic acids is 1. The molecule has 1 saturated heterocycles. The molecule has 3 N–H and O–H groups in total. The van der Waals surface area contributed by atoms with Gasteiger partial charge in [0.05, 0.1) is 13.2 Å². The molecule has 0 spiro atoms. The van der Waals surface area contributed by atoms with Crippen LogP contribution in [0.5, 0.6) is 0 Å². The molecule has 1 aliphatic rings. The van der Waals surface area contributed by atoms with Gasteiger partial charge in [-0.05, 0) is 6.42 Å². The summed E-state index contributed by atoms with van der Waals surface area (Å²) < 4.78 is 22.2. The van der Waals surface area contributed by atoms with Crippen molar-refractivity contribution in [2.75, 3.05) is 26.0 Å². The molecule has 1 fully saturated rings. The third-order valence-electron chi connectivity index (χ3n) is 3.71. The maximum absolute atomic E-state index is 11.9. The maximum Gasteiger partial charge on any atom is 0.306 e. The van der Waals surface area contributed by atoms with Crippen LogP contribution in [0.2, 0.25) is 0 Å². The first-order chi connectivity index (χ1) is 10.3. The molecule has 1 aliphatic heterocycles. The van der Waals surface area contributed by atoms with Gasteiger partial charge in [0.1, 0.15) is 18.3 Å². The Morgan fingerprint density at radius 1 is 1.41 bits per heavy atom. The average Bonchev–Trinajstić information content (AvgIpc) is 2.42. The highest BCUT2D eigenvalue weighted by Crippen LogP contribution is 2.41. The Balaban J connectivity index is 2.71. The molecule has 0 aromatic rings. The summed E-state index contributed by atoms with van der Waals surface area (Å²) in [5.74, 6) is -1.00. The van der Waals surface area contributed by atoms with Crippen LogP contribution >= 0.6 is 7.37 Å². The van der Waals surface area contributed by atoms with Gasteiger partial charge in [0.25, 0.3) is 0 Å². The van der Waals surface area contributed by atoms with E-state index in [2.05, 4.69) is 0 Å². The fourth-order valence-corrected chi connectivity index (χ4v) is 3.76. The van der Waals surface area contributed by atoms with Gasteiger partial charge in [-0.3, -0.25) is 9.36 Å². The van der Waals surface area contributed by atoms with Crippen molar-refractivity contribution in [1.29, 1.82) is 0 Å². The molecule has 1 heterocycles. The molecular weight excluding hydrogens is 311 g/mol. The highest BCUT2D eigenvalue weighted by molar-refractivity contribution is 7.57. The van der Waals surface area contributed by atoms with Crippen molar-refractivity contribution in [2.45, 2.75) is 50.9 Å².